The first-order valence-electron chi connectivity index (χ1n) is 5.18. The molecule has 0 amide bonds. The predicted molar refractivity (Wildman–Crippen MR) is 60.1 cm³/mol. The van der Waals surface area contributed by atoms with E-state index in [2.05, 4.69) is 43.6 Å². The first-order chi connectivity index (χ1) is 6.54. The standard InChI is InChI=1S/C12H20N2/c1-5-14(12(2,3)4)10-11-7-6-8-13-9-11/h6-9H,5,10H2,1-4H3. The van der Waals surface area contributed by atoms with Crippen molar-refractivity contribution >= 4 is 0 Å². The van der Waals surface area contributed by atoms with Crippen molar-refractivity contribution in [3.8, 4) is 0 Å². The van der Waals surface area contributed by atoms with Gasteiger partial charge >= 0.3 is 0 Å². The Bertz CT molecular complexity index is 261. The van der Waals surface area contributed by atoms with E-state index >= 15 is 0 Å². The molecule has 14 heavy (non-hydrogen) atoms. The normalized spacial score (nSPS) is 12.1. The minimum Gasteiger partial charge on any atom is -0.294 e. The number of hydrogen-bond donors (Lipinski definition) is 0. The number of aromatic nitrogens is 1. The third-order valence-electron chi connectivity index (χ3n) is 2.43. The van der Waals surface area contributed by atoms with Gasteiger partial charge in [-0.15, -0.1) is 0 Å². The molecule has 0 radical (unpaired) electrons. The Hall–Kier alpha value is -0.890. The van der Waals surface area contributed by atoms with Crippen LogP contribution in [0.25, 0.3) is 0 Å². The molecule has 0 unspecified atom stereocenters. The van der Waals surface area contributed by atoms with Crippen LogP contribution in [-0.4, -0.2) is 22.0 Å². The molecule has 0 N–H and O–H groups in total. The fourth-order valence-electron chi connectivity index (χ4n) is 1.54. The average molecular weight is 192 g/mol. The smallest absolute Gasteiger partial charge is 0.0312 e. The van der Waals surface area contributed by atoms with Crippen molar-refractivity contribution in [3.05, 3.63) is 30.1 Å². The number of rotatable bonds is 3. The second kappa shape index (κ2) is 4.56. The van der Waals surface area contributed by atoms with E-state index in [1.807, 2.05) is 18.5 Å². The van der Waals surface area contributed by atoms with Gasteiger partial charge < -0.3 is 0 Å². The van der Waals surface area contributed by atoms with Gasteiger partial charge in [0.1, 0.15) is 0 Å². The molecule has 1 heterocycles. The predicted octanol–water partition coefficient (Wildman–Crippen LogP) is 2.70. The largest absolute Gasteiger partial charge is 0.294 e. The molecule has 0 aromatic carbocycles. The van der Waals surface area contributed by atoms with Gasteiger partial charge in [-0.2, -0.15) is 0 Å². The monoisotopic (exact) mass is 192 g/mol. The van der Waals surface area contributed by atoms with E-state index in [1.54, 1.807) is 0 Å². The highest BCUT2D eigenvalue weighted by Gasteiger charge is 2.19. The summed E-state index contributed by atoms with van der Waals surface area (Å²) in [7, 11) is 0. The highest BCUT2D eigenvalue weighted by Crippen LogP contribution is 2.15. The highest BCUT2D eigenvalue weighted by atomic mass is 15.2. The van der Waals surface area contributed by atoms with Crippen LogP contribution in [0.5, 0.6) is 0 Å². The topological polar surface area (TPSA) is 16.1 Å². The van der Waals surface area contributed by atoms with Gasteiger partial charge in [0.2, 0.25) is 0 Å². The van der Waals surface area contributed by atoms with Crippen LogP contribution in [-0.2, 0) is 6.54 Å². The Kier molecular flexibility index (Phi) is 3.64. The summed E-state index contributed by atoms with van der Waals surface area (Å²) in [5, 5.41) is 0. The molecule has 2 nitrogen and oxygen atoms in total. The Morgan fingerprint density at radius 3 is 2.50 bits per heavy atom. The zero-order chi connectivity index (χ0) is 10.6. The van der Waals surface area contributed by atoms with Gasteiger partial charge in [0.25, 0.3) is 0 Å². The summed E-state index contributed by atoms with van der Waals surface area (Å²) in [6, 6.07) is 4.12. The molecular formula is C12H20N2. The second-order valence-electron chi connectivity index (χ2n) is 4.55. The second-order valence-corrected chi connectivity index (χ2v) is 4.55. The van der Waals surface area contributed by atoms with E-state index in [9.17, 15) is 0 Å². The molecule has 1 aromatic heterocycles. The summed E-state index contributed by atoms with van der Waals surface area (Å²) < 4.78 is 0. The van der Waals surface area contributed by atoms with Gasteiger partial charge in [0.05, 0.1) is 0 Å². The van der Waals surface area contributed by atoms with Crippen LogP contribution in [0.1, 0.15) is 33.3 Å². The third-order valence-corrected chi connectivity index (χ3v) is 2.43. The van der Waals surface area contributed by atoms with Gasteiger partial charge in [-0.3, -0.25) is 9.88 Å². The quantitative estimate of drug-likeness (QED) is 0.732. The molecule has 0 saturated heterocycles. The lowest BCUT2D eigenvalue weighted by atomic mass is 10.1. The molecule has 2 heteroatoms. The van der Waals surface area contributed by atoms with E-state index < -0.39 is 0 Å². The molecule has 0 fully saturated rings. The summed E-state index contributed by atoms with van der Waals surface area (Å²) in [4.78, 5) is 6.56. The van der Waals surface area contributed by atoms with Crippen LogP contribution in [0, 0.1) is 0 Å². The summed E-state index contributed by atoms with van der Waals surface area (Å²) in [6.07, 6.45) is 3.76. The van der Waals surface area contributed by atoms with Crippen molar-refractivity contribution < 1.29 is 0 Å². The first-order valence-corrected chi connectivity index (χ1v) is 5.18. The van der Waals surface area contributed by atoms with E-state index in [0.717, 1.165) is 13.1 Å². The Morgan fingerprint density at radius 1 is 1.36 bits per heavy atom. The third kappa shape index (κ3) is 3.11. The minimum absolute atomic E-state index is 0.227. The van der Waals surface area contributed by atoms with Crippen LogP contribution >= 0.6 is 0 Å². The summed E-state index contributed by atoms with van der Waals surface area (Å²) >= 11 is 0. The molecule has 0 saturated carbocycles. The lowest BCUT2D eigenvalue weighted by Crippen LogP contribution is -2.40. The molecule has 78 valence electrons. The van der Waals surface area contributed by atoms with E-state index in [-0.39, 0.29) is 5.54 Å². The Morgan fingerprint density at radius 2 is 2.07 bits per heavy atom. The van der Waals surface area contributed by atoms with Crippen LogP contribution in [0.15, 0.2) is 24.5 Å². The molecule has 0 atom stereocenters. The summed E-state index contributed by atoms with van der Waals surface area (Å²) in [5.41, 5.74) is 1.51. The van der Waals surface area contributed by atoms with Crippen molar-refractivity contribution in [1.82, 2.24) is 9.88 Å². The van der Waals surface area contributed by atoms with Crippen LogP contribution in [0.4, 0.5) is 0 Å². The SMILES string of the molecule is CCN(Cc1cccnc1)C(C)(C)C. The maximum absolute atomic E-state index is 4.13. The molecule has 0 aliphatic heterocycles. The van der Waals surface area contributed by atoms with Crippen LogP contribution in [0.2, 0.25) is 0 Å². The zero-order valence-corrected chi connectivity index (χ0v) is 9.62. The molecule has 0 aliphatic carbocycles. The van der Waals surface area contributed by atoms with Gasteiger partial charge in [-0.1, -0.05) is 13.0 Å². The van der Waals surface area contributed by atoms with Crippen LogP contribution < -0.4 is 0 Å². The first kappa shape index (κ1) is 11.2. The van der Waals surface area contributed by atoms with E-state index in [0.29, 0.717) is 0 Å². The molecule has 0 spiro atoms. The average Bonchev–Trinajstić information content (AvgIpc) is 2.14. The fraction of sp³-hybridized carbons (Fsp3) is 0.583. The molecular weight excluding hydrogens is 172 g/mol. The van der Waals surface area contributed by atoms with E-state index in [4.69, 9.17) is 0 Å². The summed E-state index contributed by atoms with van der Waals surface area (Å²) in [6.45, 7) is 11.0. The maximum atomic E-state index is 4.13. The number of hydrogen-bond acceptors (Lipinski definition) is 2. The molecule has 0 bridgehead atoms. The number of pyridine rings is 1. The van der Waals surface area contributed by atoms with Gasteiger partial charge in [-0.25, -0.2) is 0 Å². The van der Waals surface area contributed by atoms with Crippen molar-refractivity contribution in [2.45, 2.75) is 39.8 Å². The lowest BCUT2D eigenvalue weighted by molar-refractivity contribution is 0.136. The Labute approximate surface area is 87.0 Å². The summed E-state index contributed by atoms with van der Waals surface area (Å²) in [5.74, 6) is 0. The van der Waals surface area contributed by atoms with E-state index in [1.165, 1.54) is 5.56 Å². The Balaban J connectivity index is 2.67. The molecule has 0 aliphatic rings. The minimum atomic E-state index is 0.227. The fourth-order valence-corrected chi connectivity index (χ4v) is 1.54. The molecule has 1 aromatic rings. The van der Waals surface area contributed by atoms with Gasteiger partial charge in [-0.05, 0) is 38.9 Å². The lowest BCUT2D eigenvalue weighted by Gasteiger charge is -2.34. The molecule has 1 rings (SSSR count). The van der Waals surface area contributed by atoms with Crippen molar-refractivity contribution in [2.24, 2.45) is 0 Å². The maximum Gasteiger partial charge on any atom is 0.0312 e. The highest BCUT2D eigenvalue weighted by molar-refractivity contribution is 5.08. The van der Waals surface area contributed by atoms with Gasteiger partial charge in [0.15, 0.2) is 0 Å². The van der Waals surface area contributed by atoms with Crippen LogP contribution in [0.3, 0.4) is 0 Å². The van der Waals surface area contributed by atoms with Crippen molar-refractivity contribution in [1.29, 1.82) is 0 Å². The van der Waals surface area contributed by atoms with Crippen molar-refractivity contribution in [2.75, 3.05) is 6.54 Å². The van der Waals surface area contributed by atoms with Crippen molar-refractivity contribution in [3.63, 3.8) is 0 Å². The van der Waals surface area contributed by atoms with Gasteiger partial charge in [0, 0.05) is 24.5 Å². The zero-order valence-electron chi connectivity index (χ0n) is 9.62. The number of nitrogens with zero attached hydrogens (tertiary/aromatic N) is 2.